The molecule has 11 heteroatoms. The fourth-order valence-electron chi connectivity index (χ4n) is 3.53. The second kappa shape index (κ2) is 12.1. The van der Waals surface area contributed by atoms with Crippen molar-refractivity contribution in [2.75, 3.05) is 23.8 Å². The summed E-state index contributed by atoms with van der Waals surface area (Å²) < 4.78 is 14.9. The van der Waals surface area contributed by atoms with E-state index in [0.717, 1.165) is 34.0 Å². The summed E-state index contributed by atoms with van der Waals surface area (Å²) in [7, 11) is 0. The third kappa shape index (κ3) is 6.90. The van der Waals surface area contributed by atoms with Crippen molar-refractivity contribution in [3.8, 4) is 11.5 Å². The van der Waals surface area contributed by atoms with Crippen LogP contribution in [-0.2, 0) is 13.1 Å². The molecule has 0 aliphatic heterocycles. The van der Waals surface area contributed by atoms with Crippen LogP contribution in [0, 0.1) is 0 Å². The van der Waals surface area contributed by atoms with Gasteiger partial charge in [0.25, 0.3) is 0 Å². The van der Waals surface area contributed by atoms with Crippen LogP contribution in [0.2, 0.25) is 10.0 Å². The molecule has 0 radical (unpaired) electrons. The molecule has 4 rings (SSSR count). The first-order chi connectivity index (χ1) is 17.4. The van der Waals surface area contributed by atoms with Crippen LogP contribution in [0.15, 0.2) is 61.2 Å². The Kier molecular flexibility index (Phi) is 8.69. The van der Waals surface area contributed by atoms with Crippen molar-refractivity contribution >= 4 is 51.9 Å². The standard InChI is InChI=1S/C25H26Cl2N6O2S/c1-3-34-23-8-5-17(9-24(23)35-4-2)13-32-15-20(11-28-32)30-25(36)31-21-12-29-33(16-21)14-18-6-7-19(26)10-22(18)27/h5-12,15-16H,3-4,13-14H2,1-2H3,(H2,30,31,36). The largest absolute Gasteiger partial charge is 0.490 e. The first-order valence-corrected chi connectivity index (χ1v) is 12.5. The molecule has 0 fully saturated rings. The molecule has 8 nitrogen and oxygen atoms in total. The van der Waals surface area contributed by atoms with Crippen LogP contribution in [0.5, 0.6) is 11.5 Å². The van der Waals surface area contributed by atoms with E-state index < -0.39 is 0 Å². The molecule has 0 unspecified atom stereocenters. The number of hydrogen-bond donors (Lipinski definition) is 2. The van der Waals surface area contributed by atoms with Crippen molar-refractivity contribution in [1.82, 2.24) is 19.6 Å². The van der Waals surface area contributed by atoms with Gasteiger partial charge in [0.05, 0.1) is 50.1 Å². The SMILES string of the molecule is CCOc1ccc(Cn2cc(NC(=S)Nc3cnn(Cc4ccc(Cl)cc4Cl)c3)cn2)cc1OCC. The zero-order valence-corrected chi connectivity index (χ0v) is 22.2. The molecule has 188 valence electrons. The van der Waals surface area contributed by atoms with E-state index in [2.05, 4.69) is 20.8 Å². The predicted octanol–water partition coefficient (Wildman–Crippen LogP) is 6.09. The third-order valence-electron chi connectivity index (χ3n) is 5.08. The van der Waals surface area contributed by atoms with Crippen LogP contribution in [0.4, 0.5) is 11.4 Å². The number of hydrogen-bond acceptors (Lipinski definition) is 5. The van der Waals surface area contributed by atoms with E-state index in [0.29, 0.717) is 41.5 Å². The first kappa shape index (κ1) is 25.8. The monoisotopic (exact) mass is 544 g/mol. The molecule has 2 aromatic heterocycles. The van der Waals surface area contributed by atoms with Gasteiger partial charge in [0.15, 0.2) is 16.6 Å². The molecule has 0 aliphatic carbocycles. The highest BCUT2D eigenvalue weighted by Gasteiger charge is 2.09. The Labute approximate surface area is 225 Å². The summed E-state index contributed by atoms with van der Waals surface area (Å²) in [6.45, 7) is 6.14. The summed E-state index contributed by atoms with van der Waals surface area (Å²) >= 11 is 17.7. The number of rotatable bonds is 10. The average Bonchev–Trinajstić information content (AvgIpc) is 3.46. The Morgan fingerprint density at radius 3 is 2.14 bits per heavy atom. The lowest BCUT2D eigenvalue weighted by Gasteiger charge is -2.12. The van der Waals surface area contributed by atoms with Crippen LogP contribution in [-0.4, -0.2) is 37.9 Å². The number of anilines is 2. The fourth-order valence-corrected chi connectivity index (χ4v) is 4.23. The van der Waals surface area contributed by atoms with Gasteiger partial charge in [0, 0.05) is 22.4 Å². The van der Waals surface area contributed by atoms with Crippen LogP contribution in [0.25, 0.3) is 0 Å². The number of nitrogens with zero attached hydrogens (tertiary/aromatic N) is 4. The summed E-state index contributed by atoms with van der Waals surface area (Å²) in [6.07, 6.45) is 7.15. The molecule has 0 aliphatic rings. The van der Waals surface area contributed by atoms with E-state index in [9.17, 15) is 0 Å². The Balaban J connectivity index is 1.33. The number of thiocarbonyl (C=S) groups is 1. The minimum absolute atomic E-state index is 0.429. The highest BCUT2D eigenvalue weighted by Crippen LogP contribution is 2.29. The smallest absolute Gasteiger partial charge is 0.175 e. The predicted molar refractivity (Wildman–Crippen MR) is 148 cm³/mol. The summed E-state index contributed by atoms with van der Waals surface area (Å²) in [4.78, 5) is 0. The number of ether oxygens (including phenoxy) is 2. The van der Waals surface area contributed by atoms with Gasteiger partial charge in [-0.3, -0.25) is 9.36 Å². The van der Waals surface area contributed by atoms with E-state index in [1.807, 2.05) is 55.2 Å². The fraction of sp³-hybridized carbons (Fsp3) is 0.240. The van der Waals surface area contributed by atoms with E-state index in [-0.39, 0.29) is 0 Å². The van der Waals surface area contributed by atoms with Crippen molar-refractivity contribution in [2.24, 2.45) is 0 Å². The second-order valence-corrected chi connectivity index (χ2v) is 9.07. The molecular weight excluding hydrogens is 519 g/mol. The molecule has 0 atom stereocenters. The maximum atomic E-state index is 6.26. The molecule has 2 heterocycles. The lowest BCUT2D eigenvalue weighted by Crippen LogP contribution is -2.18. The molecule has 2 N–H and O–H groups in total. The van der Waals surface area contributed by atoms with Crippen LogP contribution < -0.4 is 20.1 Å². The van der Waals surface area contributed by atoms with E-state index >= 15 is 0 Å². The van der Waals surface area contributed by atoms with Gasteiger partial charge >= 0.3 is 0 Å². The van der Waals surface area contributed by atoms with E-state index in [1.54, 1.807) is 29.2 Å². The van der Waals surface area contributed by atoms with Gasteiger partial charge in [-0.15, -0.1) is 0 Å². The van der Waals surface area contributed by atoms with Gasteiger partial charge in [-0.2, -0.15) is 10.2 Å². The van der Waals surface area contributed by atoms with Crippen molar-refractivity contribution in [3.63, 3.8) is 0 Å². The molecule has 0 saturated carbocycles. The maximum absolute atomic E-state index is 6.26. The quantitative estimate of drug-likeness (QED) is 0.234. The number of aromatic nitrogens is 4. The van der Waals surface area contributed by atoms with Crippen LogP contribution >= 0.6 is 35.4 Å². The van der Waals surface area contributed by atoms with E-state index in [1.165, 1.54) is 0 Å². The summed E-state index contributed by atoms with van der Waals surface area (Å²) in [5.74, 6) is 1.47. The molecule has 0 saturated heterocycles. The topological polar surface area (TPSA) is 78.2 Å². The zero-order valence-electron chi connectivity index (χ0n) is 19.9. The lowest BCUT2D eigenvalue weighted by molar-refractivity contribution is 0.287. The molecule has 0 spiro atoms. The molecule has 4 aromatic rings. The van der Waals surface area contributed by atoms with Gasteiger partial charge in [-0.1, -0.05) is 35.3 Å². The zero-order chi connectivity index (χ0) is 25.5. The Morgan fingerprint density at radius 2 is 1.50 bits per heavy atom. The Hall–Kier alpha value is -3.27. The van der Waals surface area contributed by atoms with Crippen LogP contribution in [0.3, 0.4) is 0 Å². The molecule has 36 heavy (non-hydrogen) atoms. The normalized spacial score (nSPS) is 10.8. The Bertz CT molecular complexity index is 1340. The molecule has 2 aromatic carbocycles. The molecular formula is C25H26Cl2N6O2S. The van der Waals surface area contributed by atoms with Gasteiger partial charge < -0.3 is 20.1 Å². The first-order valence-electron chi connectivity index (χ1n) is 11.4. The number of nitrogens with one attached hydrogen (secondary N) is 2. The van der Waals surface area contributed by atoms with Gasteiger partial charge in [-0.25, -0.2) is 0 Å². The summed E-state index contributed by atoms with van der Waals surface area (Å²) in [5.41, 5.74) is 3.49. The minimum atomic E-state index is 0.429. The summed E-state index contributed by atoms with van der Waals surface area (Å²) in [6, 6.07) is 11.3. The summed E-state index contributed by atoms with van der Waals surface area (Å²) in [5, 5.41) is 16.7. The highest BCUT2D eigenvalue weighted by atomic mass is 35.5. The van der Waals surface area contributed by atoms with Gasteiger partial charge in [-0.05, 0) is 61.5 Å². The van der Waals surface area contributed by atoms with Crippen molar-refractivity contribution in [3.05, 3.63) is 82.4 Å². The van der Waals surface area contributed by atoms with Crippen molar-refractivity contribution in [2.45, 2.75) is 26.9 Å². The lowest BCUT2D eigenvalue weighted by atomic mass is 10.2. The van der Waals surface area contributed by atoms with Gasteiger partial charge in [0.2, 0.25) is 0 Å². The molecule has 0 amide bonds. The number of benzene rings is 2. The average molecular weight is 545 g/mol. The highest BCUT2D eigenvalue weighted by molar-refractivity contribution is 7.80. The maximum Gasteiger partial charge on any atom is 0.175 e. The number of halogens is 2. The third-order valence-corrected chi connectivity index (χ3v) is 5.87. The van der Waals surface area contributed by atoms with Crippen LogP contribution in [0.1, 0.15) is 25.0 Å². The Morgan fingerprint density at radius 1 is 0.861 bits per heavy atom. The van der Waals surface area contributed by atoms with Crippen molar-refractivity contribution in [1.29, 1.82) is 0 Å². The van der Waals surface area contributed by atoms with Gasteiger partial charge in [0.1, 0.15) is 0 Å². The minimum Gasteiger partial charge on any atom is -0.490 e. The second-order valence-electron chi connectivity index (χ2n) is 7.82. The van der Waals surface area contributed by atoms with Crippen molar-refractivity contribution < 1.29 is 9.47 Å². The van der Waals surface area contributed by atoms with E-state index in [4.69, 9.17) is 44.9 Å². The molecule has 0 bridgehead atoms.